The Balaban J connectivity index is 1.70. The largest absolute Gasteiger partial charge is 0.493 e. The summed E-state index contributed by atoms with van der Waals surface area (Å²) in [5, 5.41) is 14.6. The van der Waals surface area contributed by atoms with Gasteiger partial charge in [0, 0.05) is 17.9 Å². The lowest BCUT2D eigenvalue weighted by molar-refractivity contribution is -0.132. The van der Waals surface area contributed by atoms with Crippen molar-refractivity contribution in [3.63, 3.8) is 0 Å². The highest BCUT2D eigenvalue weighted by Gasteiger charge is 2.13. The fraction of sp³-hybridized carbons (Fsp3) is 0.0800. The van der Waals surface area contributed by atoms with Crippen molar-refractivity contribution >= 4 is 39.7 Å². The van der Waals surface area contributed by atoms with E-state index in [-0.39, 0.29) is 0 Å². The van der Waals surface area contributed by atoms with Crippen LogP contribution in [0.4, 0.5) is 0 Å². The van der Waals surface area contributed by atoms with Gasteiger partial charge < -0.3 is 9.47 Å². The second-order valence-corrected chi connectivity index (χ2v) is 7.60. The van der Waals surface area contributed by atoms with Crippen molar-refractivity contribution in [2.45, 2.75) is 6.92 Å². The van der Waals surface area contributed by atoms with Crippen LogP contribution in [0.25, 0.3) is 33.7 Å². The van der Waals surface area contributed by atoms with E-state index in [1.165, 1.54) is 25.4 Å². The quantitative estimate of drug-likeness (QED) is 0.224. The maximum Gasteiger partial charge on any atom is 0.308 e. The van der Waals surface area contributed by atoms with Gasteiger partial charge in [0.1, 0.15) is 11.1 Å². The Kier molecular flexibility index (Phi) is 5.78. The lowest BCUT2D eigenvalue weighted by Gasteiger charge is -2.08. The van der Waals surface area contributed by atoms with E-state index < -0.39 is 5.97 Å². The number of methoxy groups -OCH3 is 1. The molecule has 0 amide bonds. The Morgan fingerprint density at radius 3 is 2.68 bits per heavy atom. The van der Waals surface area contributed by atoms with Crippen LogP contribution in [0.1, 0.15) is 17.5 Å². The zero-order valence-electron chi connectivity index (χ0n) is 17.0. The summed E-state index contributed by atoms with van der Waals surface area (Å²) in [5.41, 5.74) is 3.05. The van der Waals surface area contributed by atoms with Crippen molar-refractivity contribution in [3.05, 3.63) is 76.6 Å². The maximum absolute atomic E-state index is 11.2. The van der Waals surface area contributed by atoms with Gasteiger partial charge in [0.25, 0.3) is 0 Å². The molecule has 4 rings (SSSR count). The summed E-state index contributed by atoms with van der Waals surface area (Å²) in [7, 11) is 1.50. The molecule has 0 bridgehead atoms. The molecule has 0 radical (unpaired) electrons. The number of aromatic nitrogens is 1. The van der Waals surface area contributed by atoms with E-state index in [1.807, 2.05) is 29.6 Å². The maximum atomic E-state index is 11.2. The molecule has 0 fully saturated rings. The van der Waals surface area contributed by atoms with Gasteiger partial charge in [0.15, 0.2) is 11.5 Å². The Morgan fingerprint density at radius 1 is 1.10 bits per heavy atom. The molecule has 0 saturated heterocycles. The minimum atomic E-state index is -0.428. The standard InChI is InChI=1S/C25H18N2O3S/c1-16(28)30-23-11-10-17(13-24(23)29-2)12-19(14-26)25-27-22(15-31-25)21-9-5-7-18-6-3-4-8-20(18)21/h3-13,15H,1-2H3/b19-12+. The highest BCUT2D eigenvalue weighted by Crippen LogP contribution is 2.33. The number of nitriles is 1. The second kappa shape index (κ2) is 8.82. The fourth-order valence-electron chi connectivity index (χ4n) is 3.29. The number of carbonyl (C=O) groups excluding carboxylic acids is 1. The van der Waals surface area contributed by atoms with Crippen LogP contribution in [-0.2, 0) is 4.79 Å². The average Bonchev–Trinajstić information content (AvgIpc) is 3.27. The van der Waals surface area contributed by atoms with Gasteiger partial charge in [-0.15, -0.1) is 11.3 Å². The van der Waals surface area contributed by atoms with Crippen LogP contribution in [0.3, 0.4) is 0 Å². The summed E-state index contributed by atoms with van der Waals surface area (Å²) < 4.78 is 10.4. The molecule has 0 aliphatic heterocycles. The topological polar surface area (TPSA) is 72.2 Å². The van der Waals surface area contributed by atoms with Crippen LogP contribution in [-0.4, -0.2) is 18.1 Å². The Labute approximate surface area is 183 Å². The van der Waals surface area contributed by atoms with E-state index in [1.54, 1.807) is 24.3 Å². The van der Waals surface area contributed by atoms with E-state index in [0.717, 1.165) is 27.6 Å². The molecule has 0 N–H and O–H groups in total. The average molecular weight is 426 g/mol. The van der Waals surface area contributed by atoms with Crippen molar-refractivity contribution < 1.29 is 14.3 Å². The molecule has 1 heterocycles. The first-order valence-electron chi connectivity index (χ1n) is 9.51. The molecule has 0 saturated carbocycles. The van der Waals surface area contributed by atoms with Gasteiger partial charge in [-0.3, -0.25) is 4.79 Å². The molecule has 3 aromatic carbocycles. The molecule has 31 heavy (non-hydrogen) atoms. The van der Waals surface area contributed by atoms with Crippen molar-refractivity contribution in [2.75, 3.05) is 7.11 Å². The first-order chi connectivity index (χ1) is 15.1. The number of fused-ring (bicyclic) bond motifs is 1. The molecule has 0 aliphatic carbocycles. The van der Waals surface area contributed by atoms with Gasteiger partial charge in [0.05, 0.1) is 18.4 Å². The lowest BCUT2D eigenvalue weighted by Crippen LogP contribution is -2.03. The highest BCUT2D eigenvalue weighted by molar-refractivity contribution is 7.11. The lowest BCUT2D eigenvalue weighted by atomic mass is 10.0. The normalized spacial score (nSPS) is 11.2. The van der Waals surface area contributed by atoms with Gasteiger partial charge in [-0.1, -0.05) is 48.5 Å². The number of hydrogen-bond acceptors (Lipinski definition) is 6. The number of esters is 1. The number of thiazole rings is 1. The zero-order valence-corrected chi connectivity index (χ0v) is 17.8. The van der Waals surface area contributed by atoms with Gasteiger partial charge in [0.2, 0.25) is 0 Å². The van der Waals surface area contributed by atoms with Crippen LogP contribution in [0.5, 0.6) is 11.5 Å². The number of ether oxygens (including phenoxy) is 2. The van der Waals surface area contributed by atoms with Crippen molar-refractivity contribution in [1.29, 1.82) is 5.26 Å². The number of hydrogen-bond donors (Lipinski definition) is 0. The van der Waals surface area contributed by atoms with Gasteiger partial charge >= 0.3 is 5.97 Å². The molecular formula is C25H18N2O3S. The second-order valence-electron chi connectivity index (χ2n) is 6.74. The summed E-state index contributed by atoms with van der Waals surface area (Å²) in [4.78, 5) is 16.0. The number of allylic oxidation sites excluding steroid dienone is 1. The number of nitrogens with zero attached hydrogens (tertiary/aromatic N) is 2. The van der Waals surface area contributed by atoms with E-state index in [0.29, 0.717) is 22.1 Å². The monoisotopic (exact) mass is 426 g/mol. The summed E-state index contributed by atoms with van der Waals surface area (Å²) in [5.74, 6) is 0.318. The van der Waals surface area contributed by atoms with E-state index in [2.05, 4.69) is 24.3 Å². The van der Waals surface area contributed by atoms with Gasteiger partial charge in [-0.2, -0.15) is 5.26 Å². The Hall–Kier alpha value is -3.95. The fourth-order valence-corrected chi connectivity index (χ4v) is 4.08. The molecule has 0 aliphatic rings. The highest BCUT2D eigenvalue weighted by atomic mass is 32.1. The van der Waals surface area contributed by atoms with Crippen molar-refractivity contribution in [2.24, 2.45) is 0 Å². The number of benzene rings is 3. The minimum Gasteiger partial charge on any atom is -0.493 e. The SMILES string of the molecule is COc1cc(/C=C(\C#N)c2nc(-c3cccc4ccccc34)cs2)ccc1OC(C)=O. The predicted molar refractivity (Wildman–Crippen MR) is 123 cm³/mol. The molecule has 0 atom stereocenters. The van der Waals surface area contributed by atoms with Crippen LogP contribution in [0.15, 0.2) is 66.0 Å². The third-order valence-electron chi connectivity index (χ3n) is 4.67. The number of carbonyl (C=O) groups is 1. The summed E-state index contributed by atoms with van der Waals surface area (Å²) in [6.07, 6.45) is 1.74. The van der Waals surface area contributed by atoms with Crippen molar-refractivity contribution in [3.8, 4) is 28.8 Å². The van der Waals surface area contributed by atoms with Gasteiger partial charge in [-0.05, 0) is 34.5 Å². The zero-order chi connectivity index (χ0) is 21.8. The molecule has 6 heteroatoms. The molecule has 1 aromatic heterocycles. The summed E-state index contributed by atoms with van der Waals surface area (Å²) in [6, 6.07) is 21.6. The predicted octanol–water partition coefficient (Wildman–Crippen LogP) is 5.96. The van der Waals surface area contributed by atoms with Crippen molar-refractivity contribution in [1.82, 2.24) is 4.98 Å². The molecular weight excluding hydrogens is 408 g/mol. The van der Waals surface area contributed by atoms with E-state index in [4.69, 9.17) is 14.5 Å². The number of rotatable bonds is 5. The van der Waals surface area contributed by atoms with E-state index >= 15 is 0 Å². The minimum absolute atomic E-state index is 0.332. The first-order valence-corrected chi connectivity index (χ1v) is 10.4. The van der Waals surface area contributed by atoms with Crippen LogP contribution < -0.4 is 9.47 Å². The Morgan fingerprint density at radius 2 is 1.90 bits per heavy atom. The smallest absolute Gasteiger partial charge is 0.308 e. The van der Waals surface area contributed by atoms with Crippen LogP contribution >= 0.6 is 11.3 Å². The Bertz CT molecular complexity index is 1340. The van der Waals surface area contributed by atoms with Gasteiger partial charge in [-0.25, -0.2) is 4.98 Å². The van der Waals surface area contributed by atoms with Crippen LogP contribution in [0.2, 0.25) is 0 Å². The summed E-state index contributed by atoms with van der Waals surface area (Å²) >= 11 is 1.42. The first kappa shape index (κ1) is 20.3. The molecule has 5 nitrogen and oxygen atoms in total. The summed E-state index contributed by atoms with van der Waals surface area (Å²) in [6.45, 7) is 1.33. The molecule has 0 unspecified atom stereocenters. The molecule has 4 aromatic rings. The third kappa shape index (κ3) is 4.32. The van der Waals surface area contributed by atoms with Crippen LogP contribution in [0, 0.1) is 11.3 Å². The van der Waals surface area contributed by atoms with E-state index in [9.17, 15) is 10.1 Å². The molecule has 0 spiro atoms. The third-order valence-corrected chi connectivity index (χ3v) is 5.55. The molecule has 152 valence electrons.